The number of H-pyrrole nitrogens is 1. The second-order valence-corrected chi connectivity index (χ2v) is 22.6. The number of hydrogen-bond acceptors (Lipinski definition) is 15. The zero-order chi connectivity index (χ0) is 48.9. The number of aromatic amines is 1. The van der Waals surface area contributed by atoms with Gasteiger partial charge < -0.3 is 43.8 Å². The number of likely N-dealkylation sites (N-methyl/N-ethyl adjacent to an activating group) is 1. The van der Waals surface area contributed by atoms with Crippen LogP contribution in [0.5, 0.6) is 0 Å². The minimum Gasteiger partial charge on any atom is -0.468 e. The molecule has 68 heavy (non-hydrogen) atoms. The Hall–Kier alpha value is -4.19. The molecule has 6 heterocycles. The average Bonchev–Trinajstić information content (AvgIpc) is 3.96. The first-order valence-electron chi connectivity index (χ1n) is 24.3. The van der Waals surface area contributed by atoms with Crippen molar-refractivity contribution in [3.8, 4) is 0 Å². The van der Waals surface area contributed by atoms with Crippen molar-refractivity contribution in [2.45, 2.75) is 131 Å². The summed E-state index contributed by atoms with van der Waals surface area (Å²) in [6.45, 7) is 14.0. The number of rotatable bonds is 10. The van der Waals surface area contributed by atoms with Gasteiger partial charge in [0.25, 0.3) is 0 Å². The van der Waals surface area contributed by atoms with Gasteiger partial charge in [0.15, 0.2) is 6.10 Å². The molecule has 5 aliphatic heterocycles. The summed E-state index contributed by atoms with van der Waals surface area (Å²) in [5.41, 5.74) is -3.09. The lowest BCUT2D eigenvalue weighted by Gasteiger charge is -2.63. The van der Waals surface area contributed by atoms with Gasteiger partial charge in [-0.2, -0.15) is 0 Å². The minimum absolute atomic E-state index is 0.129. The molecule has 3 N–H and O–H groups in total. The van der Waals surface area contributed by atoms with Gasteiger partial charge >= 0.3 is 23.9 Å². The first-order chi connectivity index (χ1) is 32.2. The first kappa shape index (κ1) is 48.8. The largest absolute Gasteiger partial charge is 0.468 e. The highest BCUT2D eigenvalue weighted by molar-refractivity contribution is 8.00. The molecule has 12 atom stereocenters. The summed E-state index contributed by atoms with van der Waals surface area (Å²) < 4.78 is 29.9. The molecule has 1 aromatic carbocycles. The van der Waals surface area contributed by atoms with E-state index in [0.717, 1.165) is 38.3 Å². The van der Waals surface area contributed by atoms with E-state index in [9.17, 15) is 24.6 Å². The Morgan fingerprint density at radius 3 is 2.38 bits per heavy atom. The topological polar surface area (TPSA) is 180 Å². The average molecular weight is 959 g/mol. The van der Waals surface area contributed by atoms with Crippen LogP contribution in [0.25, 0.3) is 10.9 Å². The van der Waals surface area contributed by atoms with E-state index in [4.69, 9.17) is 23.7 Å². The summed E-state index contributed by atoms with van der Waals surface area (Å²) in [5, 5.41) is 26.5. The maximum absolute atomic E-state index is 15.7. The molecule has 16 heteroatoms. The van der Waals surface area contributed by atoms with E-state index in [1.165, 1.54) is 32.9 Å². The second kappa shape index (κ2) is 17.3. The molecule has 7 aliphatic rings. The number of thioether (sulfide) groups is 1. The van der Waals surface area contributed by atoms with Gasteiger partial charge in [-0.3, -0.25) is 24.2 Å². The number of fused-ring (bicyclic) bond motifs is 6. The maximum atomic E-state index is 15.7. The number of esters is 4. The molecule has 1 saturated carbocycles. The van der Waals surface area contributed by atoms with Crippen molar-refractivity contribution in [2.24, 2.45) is 22.7 Å². The van der Waals surface area contributed by atoms with Crippen LogP contribution >= 0.6 is 11.8 Å². The lowest BCUT2D eigenvalue weighted by Crippen LogP contribution is -2.79. The summed E-state index contributed by atoms with van der Waals surface area (Å²) in [4.78, 5) is 67.6. The summed E-state index contributed by atoms with van der Waals surface area (Å²) in [6, 6.07) is 4.81. The molecule has 15 nitrogen and oxygen atoms in total. The summed E-state index contributed by atoms with van der Waals surface area (Å²) in [6.07, 6.45) is 9.26. The van der Waals surface area contributed by atoms with Gasteiger partial charge in [0.05, 0.1) is 37.7 Å². The van der Waals surface area contributed by atoms with Crippen molar-refractivity contribution >= 4 is 46.5 Å². The second-order valence-electron chi connectivity index (χ2n) is 21.6. The maximum Gasteiger partial charge on any atom is 0.344 e. The third-order valence-electron chi connectivity index (χ3n) is 16.9. The lowest BCUT2D eigenvalue weighted by molar-refractivity contribution is -0.243. The van der Waals surface area contributed by atoms with Crippen LogP contribution in [0.15, 0.2) is 58.7 Å². The Morgan fingerprint density at radius 1 is 0.971 bits per heavy atom. The summed E-state index contributed by atoms with van der Waals surface area (Å²) >= 11 is 1.40. The predicted molar refractivity (Wildman–Crippen MR) is 255 cm³/mol. The number of carbonyl (C=O) groups is 4. The number of piperidine rings is 1. The molecule has 9 rings (SSSR count). The Morgan fingerprint density at radius 2 is 1.72 bits per heavy atom. The molecule has 0 radical (unpaired) electrons. The molecule has 1 spiro atoms. The van der Waals surface area contributed by atoms with Crippen LogP contribution in [0, 0.1) is 22.7 Å². The number of carbonyl (C=O) groups excluding carboxylic acids is 4. The fourth-order valence-corrected chi connectivity index (χ4v) is 15.3. The zero-order valence-corrected chi connectivity index (χ0v) is 42.1. The highest BCUT2D eigenvalue weighted by Gasteiger charge is 2.81. The molecule has 0 amide bonds. The quantitative estimate of drug-likeness (QED) is 0.124. The number of allylic oxidation sites excluding steroid dienone is 1. The molecule has 4 fully saturated rings. The minimum atomic E-state index is -2.33. The van der Waals surface area contributed by atoms with E-state index in [-0.39, 0.29) is 23.7 Å². The molecule has 370 valence electrons. The number of likely N-dealkylation sites (tertiary alicyclic amines) is 1. The Balaban J connectivity index is 1.28. The summed E-state index contributed by atoms with van der Waals surface area (Å²) in [7, 11) is 6.20. The summed E-state index contributed by atoms with van der Waals surface area (Å²) in [5.74, 6) is -2.95. The van der Waals surface area contributed by atoms with Crippen LogP contribution in [0.2, 0.25) is 0 Å². The fourth-order valence-electron chi connectivity index (χ4n) is 14.6. The fraction of sp³-hybridized carbons (Fsp3) is 0.654. The monoisotopic (exact) mass is 958 g/mol. The van der Waals surface area contributed by atoms with E-state index >= 15 is 4.79 Å². The smallest absolute Gasteiger partial charge is 0.344 e. The van der Waals surface area contributed by atoms with Gasteiger partial charge in [-0.25, -0.2) is 4.79 Å². The Bertz CT molecular complexity index is 2480. The number of hydrogen-bond donors (Lipinski definition) is 3. The normalized spacial score (nSPS) is 37.3. The Labute approximate surface area is 403 Å². The number of nitrogens with zero attached hydrogens (tertiary/aromatic N) is 3. The van der Waals surface area contributed by atoms with E-state index in [2.05, 4.69) is 33.0 Å². The van der Waals surface area contributed by atoms with Crippen LogP contribution in [0.1, 0.15) is 84.9 Å². The molecule has 2 aliphatic carbocycles. The van der Waals surface area contributed by atoms with Crippen molar-refractivity contribution in [3.63, 3.8) is 0 Å². The lowest BCUT2D eigenvalue weighted by atomic mass is 9.47. The van der Waals surface area contributed by atoms with Gasteiger partial charge in [-0.15, -0.1) is 11.8 Å². The number of ether oxygens (including phenoxy) is 5. The third kappa shape index (κ3) is 7.23. The Kier molecular flexibility index (Phi) is 12.4. The molecule has 2 aromatic rings. The van der Waals surface area contributed by atoms with Gasteiger partial charge in [0, 0.05) is 97.2 Å². The van der Waals surface area contributed by atoms with E-state index in [1.54, 1.807) is 7.11 Å². The van der Waals surface area contributed by atoms with Crippen LogP contribution in [0.3, 0.4) is 0 Å². The molecule has 3 unspecified atom stereocenters. The number of methoxy groups -OCH3 is 3. The van der Waals surface area contributed by atoms with Crippen molar-refractivity contribution < 1.29 is 53.1 Å². The van der Waals surface area contributed by atoms with Crippen LogP contribution < -0.4 is 0 Å². The van der Waals surface area contributed by atoms with Crippen molar-refractivity contribution in [2.75, 3.05) is 66.9 Å². The molecule has 3 saturated heterocycles. The van der Waals surface area contributed by atoms with Crippen LogP contribution in [0.4, 0.5) is 0 Å². The van der Waals surface area contributed by atoms with E-state index < -0.39 is 75.1 Å². The number of aromatic nitrogens is 1. The van der Waals surface area contributed by atoms with E-state index in [1.807, 2.05) is 70.9 Å². The van der Waals surface area contributed by atoms with Crippen molar-refractivity contribution in [1.82, 2.24) is 19.7 Å². The number of benzene rings is 1. The molecular weight excluding hydrogens is 889 g/mol. The van der Waals surface area contributed by atoms with Gasteiger partial charge in [0.2, 0.25) is 5.60 Å². The van der Waals surface area contributed by atoms with E-state index in [0.29, 0.717) is 71.2 Å². The van der Waals surface area contributed by atoms with Gasteiger partial charge in [-0.05, 0) is 107 Å². The standard InChI is InChI=1S/C52H70N4O11S/c1-11-48(61)25-31-26-51(45(59)64-9,41-33(16-20-55(27-31)29-48)34-22-32(14-15-37(34)53-41)68-28-40(58)67-47(4,5)6)36-23-35-38(24-39(36)63-8)54(7)43-50(35)18-21-56-19-13-17-49(12-2,42(50)56)44(66-30(3)57)52(43,62)46(60)65-10/h13-15,17,22-24,31,36,39,42-44,53,61-62H,11-12,16,18-21,25-29H2,1-10H3/t31-,36?,39?,42+,43-,44-,48+,49-,50-,51+,52+/m1/s1. The highest BCUT2D eigenvalue weighted by atomic mass is 32.2. The molecule has 1 aromatic heterocycles. The van der Waals surface area contributed by atoms with Gasteiger partial charge in [-0.1, -0.05) is 32.1 Å². The number of nitrogens with one attached hydrogen (secondary N) is 1. The van der Waals surface area contributed by atoms with Gasteiger partial charge in [0.1, 0.15) is 11.0 Å². The van der Waals surface area contributed by atoms with Crippen LogP contribution in [-0.4, -0.2) is 162 Å². The zero-order valence-electron chi connectivity index (χ0n) is 41.3. The van der Waals surface area contributed by atoms with Crippen molar-refractivity contribution in [3.05, 3.63) is 65.0 Å². The first-order valence-corrected chi connectivity index (χ1v) is 25.3. The molecular formula is C52H70N4O11S. The third-order valence-corrected chi connectivity index (χ3v) is 17.8. The SMILES string of the molecule is CC[C@]1(O)C[C@H]2CN(CCc3c([nH]c4ccc(SCC(=O)OC(C)(C)C)cc34)[C@@](C(=O)OC)(C3C=C4C(=CC3OC)N(C)[C@H]3[C@@](O)(C(=O)OC)[C@H](OC(C)=O)[C@]5(CC)C=CCN6CC[C@]43[C@@H]65)C2)C1. The number of aliphatic hydroxyl groups is 2. The molecule has 2 bridgehead atoms. The van der Waals surface area contributed by atoms with Crippen LogP contribution in [-0.2, 0) is 54.7 Å². The highest BCUT2D eigenvalue weighted by Crippen LogP contribution is 2.70. The predicted octanol–water partition coefficient (Wildman–Crippen LogP) is 5.07. The van der Waals surface area contributed by atoms with Crippen molar-refractivity contribution in [1.29, 1.82) is 0 Å².